The molecule has 180 valence electrons. The molecule has 1 saturated heterocycles. The summed E-state index contributed by atoms with van der Waals surface area (Å²) in [6.07, 6.45) is 4.51. The minimum absolute atomic E-state index is 0.0229. The van der Waals surface area contributed by atoms with Crippen LogP contribution in [0.2, 0.25) is 0 Å². The summed E-state index contributed by atoms with van der Waals surface area (Å²) in [5.41, 5.74) is 3.92. The number of nitrogens with zero attached hydrogens (tertiary/aromatic N) is 1. The summed E-state index contributed by atoms with van der Waals surface area (Å²) in [5.74, 6) is 1.37. The van der Waals surface area contributed by atoms with Gasteiger partial charge in [0.1, 0.15) is 11.8 Å². The van der Waals surface area contributed by atoms with Gasteiger partial charge in [0.2, 0.25) is 5.91 Å². The average Bonchev–Trinajstić information content (AvgIpc) is 3.26. The van der Waals surface area contributed by atoms with Gasteiger partial charge in [-0.05, 0) is 73.4 Å². The van der Waals surface area contributed by atoms with Gasteiger partial charge in [0.25, 0.3) is 5.91 Å². The Balaban J connectivity index is 1.44. The van der Waals surface area contributed by atoms with Crippen molar-refractivity contribution in [1.82, 2.24) is 15.2 Å². The third-order valence-corrected chi connectivity index (χ3v) is 6.87. The zero-order valence-corrected chi connectivity index (χ0v) is 20.6. The minimum Gasteiger partial charge on any atom is -0.497 e. The first-order valence-electron chi connectivity index (χ1n) is 12.2. The van der Waals surface area contributed by atoms with Crippen molar-refractivity contribution in [2.75, 3.05) is 20.2 Å². The number of amides is 2. The first-order valence-corrected chi connectivity index (χ1v) is 12.2. The smallest absolute Gasteiger partial charge is 0.252 e. The second-order valence-corrected chi connectivity index (χ2v) is 9.73. The van der Waals surface area contributed by atoms with E-state index < -0.39 is 6.04 Å². The second kappa shape index (κ2) is 10.3. The molecule has 1 aliphatic rings. The lowest BCUT2D eigenvalue weighted by atomic mass is 9.88. The number of aromatic nitrogens is 1. The number of ether oxygens (including phenoxy) is 1. The lowest BCUT2D eigenvalue weighted by Gasteiger charge is -2.35. The molecule has 0 saturated carbocycles. The van der Waals surface area contributed by atoms with Crippen LogP contribution in [-0.2, 0) is 4.79 Å². The largest absolute Gasteiger partial charge is 0.497 e. The lowest BCUT2D eigenvalue weighted by Crippen LogP contribution is -2.51. The molecule has 2 aromatic carbocycles. The fourth-order valence-electron chi connectivity index (χ4n) is 4.97. The van der Waals surface area contributed by atoms with Crippen molar-refractivity contribution >= 4 is 22.7 Å². The van der Waals surface area contributed by atoms with Gasteiger partial charge < -0.3 is 19.9 Å². The van der Waals surface area contributed by atoms with E-state index in [1.807, 2.05) is 48.2 Å². The van der Waals surface area contributed by atoms with Crippen molar-refractivity contribution in [3.8, 4) is 5.75 Å². The molecule has 4 rings (SSSR count). The van der Waals surface area contributed by atoms with Gasteiger partial charge in [-0.3, -0.25) is 9.59 Å². The molecule has 1 atom stereocenters. The van der Waals surface area contributed by atoms with Crippen LogP contribution in [0.3, 0.4) is 0 Å². The number of aryl methyl sites for hydroxylation is 1. The number of carbonyl (C=O) groups is 2. The lowest BCUT2D eigenvalue weighted by molar-refractivity contribution is -0.134. The van der Waals surface area contributed by atoms with Crippen LogP contribution in [0.15, 0.2) is 48.7 Å². The van der Waals surface area contributed by atoms with Crippen LogP contribution in [-0.4, -0.2) is 47.9 Å². The van der Waals surface area contributed by atoms with Crippen molar-refractivity contribution in [2.45, 2.75) is 52.0 Å². The second-order valence-electron chi connectivity index (χ2n) is 9.73. The molecule has 0 bridgehead atoms. The number of fused-ring (bicyclic) bond motifs is 1. The summed E-state index contributed by atoms with van der Waals surface area (Å²) in [7, 11) is 1.68. The average molecular weight is 462 g/mol. The van der Waals surface area contributed by atoms with E-state index in [4.69, 9.17) is 4.74 Å². The van der Waals surface area contributed by atoms with Gasteiger partial charge in [0.05, 0.1) is 7.11 Å². The highest BCUT2D eigenvalue weighted by Gasteiger charge is 2.31. The Morgan fingerprint density at radius 1 is 1.15 bits per heavy atom. The Labute approximate surface area is 201 Å². The highest BCUT2D eigenvalue weighted by atomic mass is 16.5. The Hall–Kier alpha value is -3.28. The predicted octanol–water partition coefficient (Wildman–Crippen LogP) is 5.04. The number of piperidine rings is 1. The molecule has 2 amide bonds. The SMILES string of the molecule is COc1ccc2[nH]cc(C3CCN(C(=O)C(CC(C)C)NC(=O)c4ccccc4C)CC3)c2c1. The molecule has 0 radical (unpaired) electrons. The number of hydrogen-bond donors (Lipinski definition) is 2. The standard InChI is InChI=1S/C28H35N3O3/c1-18(2)15-26(30-27(32)22-8-6-5-7-19(22)3)28(33)31-13-11-20(12-14-31)24-17-29-25-10-9-21(34-4)16-23(24)25/h5-10,16-18,20,26,29H,11-15H2,1-4H3,(H,30,32). The molecule has 0 aliphatic carbocycles. The number of H-pyrrole nitrogens is 1. The van der Waals surface area contributed by atoms with Crippen LogP contribution in [0.1, 0.15) is 60.5 Å². The van der Waals surface area contributed by atoms with Crippen LogP contribution in [0.4, 0.5) is 0 Å². The van der Waals surface area contributed by atoms with Gasteiger partial charge in [-0.15, -0.1) is 0 Å². The van der Waals surface area contributed by atoms with E-state index in [9.17, 15) is 9.59 Å². The number of nitrogens with one attached hydrogen (secondary N) is 2. The van der Waals surface area contributed by atoms with E-state index >= 15 is 0 Å². The molecular formula is C28H35N3O3. The molecule has 0 spiro atoms. The van der Waals surface area contributed by atoms with Gasteiger partial charge in [-0.1, -0.05) is 32.0 Å². The molecule has 34 heavy (non-hydrogen) atoms. The first kappa shape index (κ1) is 23.9. The number of rotatable bonds is 7. The molecule has 6 nitrogen and oxygen atoms in total. The summed E-state index contributed by atoms with van der Waals surface area (Å²) in [5, 5.41) is 4.22. The summed E-state index contributed by atoms with van der Waals surface area (Å²) in [6.45, 7) is 7.46. The molecule has 1 fully saturated rings. The highest BCUT2D eigenvalue weighted by molar-refractivity contribution is 5.98. The molecule has 2 N–H and O–H groups in total. The Bertz CT molecular complexity index is 1160. The fraction of sp³-hybridized carbons (Fsp3) is 0.429. The quantitative estimate of drug-likeness (QED) is 0.518. The van der Waals surface area contributed by atoms with Crippen molar-refractivity contribution in [2.24, 2.45) is 5.92 Å². The van der Waals surface area contributed by atoms with Crippen molar-refractivity contribution in [3.05, 3.63) is 65.4 Å². The monoisotopic (exact) mass is 461 g/mol. The van der Waals surface area contributed by atoms with Crippen LogP contribution in [0.25, 0.3) is 10.9 Å². The molecule has 3 aromatic rings. The predicted molar refractivity (Wildman–Crippen MR) is 135 cm³/mol. The van der Waals surface area contributed by atoms with E-state index in [-0.39, 0.29) is 11.8 Å². The zero-order valence-electron chi connectivity index (χ0n) is 20.6. The topological polar surface area (TPSA) is 74.4 Å². The number of benzene rings is 2. The van der Waals surface area contributed by atoms with E-state index in [1.54, 1.807) is 7.11 Å². The molecule has 2 heterocycles. The molecule has 1 aliphatic heterocycles. The number of aromatic amines is 1. The third-order valence-electron chi connectivity index (χ3n) is 6.87. The normalized spacial score (nSPS) is 15.5. The molecule has 1 aromatic heterocycles. The number of likely N-dealkylation sites (tertiary alicyclic amines) is 1. The number of hydrogen-bond acceptors (Lipinski definition) is 3. The number of carbonyl (C=O) groups excluding carboxylic acids is 2. The van der Waals surface area contributed by atoms with Gasteiger partial charge in [0.15, 0.2) is 0 Å². The Morgan fingerprint density at radius 2 is 1.88 bits per heavy atom. The van der Waals surface area contributed by atoms with E-state index in [0.29, 0.717) is 36.9 Å². The van der Waals surface area contributed by atoms with Crippen LogP contribution in [0.5, 0.6) is 5.75 Å². The first-order chi connectivity index (χ1) is 16.4. The maximum absolute atomic E-state index is 13.5. The van der Waals surface area contributed by atoms with Gasteiger partial charge >= 0.3 is 0 Å². The third kappa shape index (κ3) is 5.11. The summed E-state index contributed by atoms with van der Waals surface area (Å²) >= 11 is 0. The summed E-state index contributed by atoms with van der Waals surface area (Å²) in [6, 6.07) is 13.1. The number of methoxy groups -OCH3 is 1. The van der Waals surface area contributed by atoms with Crippen molar-refractivity contribution < 1.29 is 14.3 Å². The Morgan fingerprint density at radius 3 is 2.56 bits per heavy atom. The molecular weight excluding hydrogens is 426 g/mol. The van der Waals surface area contributed by atoms with Gasteiger partial charge in [0, 0.05) is 35.8 Å². The summed E-state index contributed by atoms with van der Waals surface area (Å²) in [4.78, 5) is 31.7. The fourth-order valence-corrected chi connectivity index (χ4v) is 4.97. The van der Waals surface area contributed by atoms with Crippen molar-refractivity contribution in [3.63, 3.8) is 0 Å². The van der Waals surface area contributed by atoms with Crippen LogP contribution < -0.4 is 10.1 Å². The summed E-state index contributed by atoms with van der Waals surface area (Å²) < 4.78 is 5.41. The van der Waals surface area contributed by atoms with Crippen LogP contribution >= 0.6 is 0 Å². The maximum Gasteiger partial charge on any atom is 0.252 e. The van der Waals surface area contributed by atoms with Gasteiger partial charge in [-0.2, -0.15) is 0 Å². The van der Waals surface area contributed by atoms with E-state index in [2.05, 4.69) is 36.4 Å². The van der Waals surface area contributed by atoms with Gasteiger partial charge in [-0.25, -0.2) is 0 Å². The minimum atomic E-state index is -0.513. The Kier molecular flexibility index (Phi) is 7.25. The van der Waals surface area contributed by atoms with Crippen molar-refractivity contribution in [1.29, 1.82) is 0 Å². The van der Waals surface area contributed by atoms with E-state index in [1.165, 1.54) is 10.9 Å². The molecule has 6 heteroatoms. The zero-order chi connectivity index (χ0) is 24.2. The van der Waals surface area contributed by atoms with Crippen LogP contribution in [0, 0.1) is 12.8 Å². The van der Waals surface area contributed by atoms with E-state index in [0.717, 1.165) is 29.7 Å². The maximum atomic E-state index is 13.5. The molecule has 1 unspecified atom stereocenters. The highest BCUT2D eigenvalue weighted by Crippen LogP contribution is 2.35.